The molecule has 1 fully saturated rings. The number of nitrogens with zero attached hydrogens (tertiary/aromatic N) is 1. The van der Waals surface area contributed by atoms with Gasteiger partial charge in [0.1, 0.15) is 5.69 Å². The Balaban J connectivity index is 2.16. The first-order chi connectivity index (χ1) is 9.08. The van der Waals surface area contributed by atoms with Crippen molar-refractivity contribution in [3.8, 4) is 0 Å². The first kappa shape index (κ1) is 14.1. The van der Waals surface area contributed by atoms with Crippen LogP contribution in [0.15, 0.2) is 18.2 Å². The molecule has 1 N–H and O–H groups in total. The zero-order valence-corrected chi connectivity index (χ0v) is 11.8. The quantitative estimate of drug-likeness (QED) is 0.499. The van der Waals surface area contributed by atoms with Gasteiger partial charge in [-0.05, 0) is 31.2 Å². The summed E-state index contributed by atoms with van der Waals surface area (Å²) in [5.41, 5.74) is 0.526. The van der Waals surface area contributed by atoms with Gasteiger partial charge in [-0.15, -0.1) is 0 Å². The van der Waals surface area contributed by atoms with Gasteiger partial charge < -0.3 is 5.32 Å². The molecule has 2 atom stereocenters. The number of hydrogen-bond donors (Lipinski definition) is 1. The lowest BCUT2D eigenvalue weighted by atomic mass is 10.0. The average Bonchev–Trinajstić information content (AvgIpc) is 2.56. The van der Waals surface area contributed by atoms with E-state index in [0.29, 0.717) is 10.7 Å². The van der Waals surface area contributed by atoms with Crippen molar-refractivity contribution < 1.29 is 4.92 Å². The van der Waals surface area contributed by atoms with Crippen LogP contribution >= 0.6 is 11.6 Å². The lowest BCUT2D eigenvalue weighted by Crippen LogP contribution is -2.19. The van der Waals surface area contributed by atoms with E-state index in [0.717, 1.165) is 31.6 Å². The van der Waals surface area contributed by atoms with Gasteiger partial charge in [-0.3, -0.25) is 10.1 Å². The third kappa shape index (κ3) is 3.60. The predicted octanol–water partition coefficient (Wildman–Crippen LogP) is 4.63. The highest BCUT2D eigenvalue weighted by molar-refractivity contribution is 6.33. The molecule has 1 aromatic rings. The van der Waals surface area contributed by atoms with Crippen LogP contribution in [0.4, 0.5) is 11.4 Å². The molecule has 2 unspecified atom stereocenters. The Hall–Kier alpha value is -1.29. The summed E-state index contributed by atoms with van der Waals surface area (Å²) in [6.45, 7) is 2.26. The number of nitro benzene ring substituents is 1. The maximum Gasteiger partial charge on any atom is 0.293 e. The summed E-state index contributed by atoms with van der Waals surface area (Å²) in [4.78, 5) is 10.7. The normalized spacial score (nSPS) is 23.7. The summed E-state index contributed by atoms with van der Waals surface area (Å²) in [6.07, 6.45) is 5.66. The van der Waals surface area contributed by atoms with Gasteiger partial charge in [-0.2, -0.15) is 0 Å². The number of para-hydroxylation sites is 1. The maximum absolute atomic E-state index is 11.0. The van der Waals surface area contributed by atoms with Crippen LogP contribution in [0.1, 0.15) is 39.0 Å². The summed E-state index contributed by atoms with van der Waals surface area (Å²) in [5, 5.41) is 14.8. The molecule has 0 heterocycles. The fourth-order valence-electron chi connectivity index (χ4n) is 2.64. The number of anilines is 1. The summed E-state index contributed by atoms with van der Waals surface area (Å²) in [7, 11) is 0. The first-order valence-electron chi connectivity index (χ1n) is 6.77. The second-order valence-electron chi connectivity index (χ2n) is 5.35. The van der Waals surface area contributed by atoms with Crippen LogP contribution in [0.3, 0.4) is 0 Å². The van der Waals surface area contributed by atoms with Crippen LogP contribution < -0.4 is 5.32 Å². The van der Waals surface area contributed by atoms with Gasteiger partial charge in [0, 0.05) is 12.1 Å². The molecule has 19 heavy (non-hydrogen) atoms. The summed E-state index contributed by atoms with van der Waals surface area (Å²) < 4.78 is 0. The maximum atomic E-state index is 11.0. The van der Waals surface area contributed by atoms with Crippen LogP contribution in [0.25, 0.3) is 0 Å². The second kappa shape index (κ2) is 6.24. The Morgan fingerprint density at radius 1 is 1.32 bits per heavy atom. The minimum absolute atomic E-state index is 0.0600. The van der Waals surface area contributed by atoms with Gasteiger partial charge in [0.25, 0.3) is 5.69 Å². The number of nitro groups is 1. The minimum atomic E-state index is -0.381. The van der Waals surface area contributed by atoms with Gasteiger partial charge >= 0.3 is 0 Å². The van der Waals surface area contributed by atoms with Crippen molar-refractivity contribution in [2.45, 2.75) is 45.1 Å². The molecule has 2 rings (SSSR count). The van der Waals surface area contributed by atoms with E-state index in [-0.39, 0.29) is 16.7 Å². The van der Waals surface area contributed by atoms with Crippen molar-refractivity contribution in [1.82, 2.24) is 0 Å². The van der Waals surface area contributed by atoms with Crippen molar-refractivity contribution in [2.75, 3.05) is 5.32 Å². The summed E-state index contributed by atoms with van der Waals surface area (Å²) >= 11 is 6.10. The van der Waals surface area contributed by atoms with Gasteiger partial charge in [0.15, 0.2) is 0 Å². The van der Waals surface area contributed by atoms with Crippen molar-refractivity contribution in [2.24, 2.45) is 5.92 Å². The van der Waals surface area contributed by atoms with Gasteiger partial charge in [0.05, 0.1) is 9.95 Å². The van der Waals surface area contributed by atoms with E-state index in [2.05, 4.69) is 12.2 Å². The van der Waals surface area contributed by atoms with Crippen molar-refractivity contribution >= 4 is 23.0 Å². The first-order valence-corrected chi connectivity index (χ1v) is 7.15. The number of nitrogens with one attached hydrogen (secondary N) is 1. The highest BCUT2D eigenvalue weighted by atomic mass is 35.5. The molecular formula is C14H19ClN2O2. The van der Waals surface area contributed by atoms with E-state index in [1.54, 1.807) is 12.1 Å². The lowest BCUT2D eigenvalue weighted by Gasteiger charge is -2.18. The van der Waals surface area contributed by atoms with Crippen molar-refractivity contribution in [1.29, 1.82) is 0 Å². The number of hydrogen-bond acceptors (Lipinski definition) is 3. The zero-order valence-electron chi connectivity index (χ0n) is 11.1. The highest BCUT2D eigenvalue weighted by Crippen LogP contribution is 2.34. The average molecular weight is 283 g/mol. The van der Waals surface area contributed by atoms with Gasteiger partial charge in [-0.1, -0.05) is 37.4 Å². The standard InChI is InChI=1S/C14H19ClN2O2/c1-10-4-2-5-11(9-8-10)16-14-12(15)6-3-7-13(14)17(18)19/h3,6-7,10-11,16H,2,4-5,8-9H2,1H3. The Labute approximate surface area is 118 Å². The molecule has 1 aliphatic rings. The SMILES string of the molecule is CC1CCCC(Nc2c(Cl)cccc2[N+](=O)[O-])CC1. The third-order valence-electron chi connectivity index (χ3n) is 3.79. The van der Waals surface area contributed by atoms with Crippen LogP contribution in [0.5, 0.6) is 0 Å². The van der Waals surface area contributed by atoms with Crippen molar-refractivity contribution in [3.63, 3.8) is 0 Å². The second-order valence-corrected chi connectivity index (χ2v) is 5.75. The summed E-state index contributed by atoms with van der Waals surface area (Å²) in [5.74, 6) is 0.744. The minimum Gasteiger partial charge on any atom is -0.376 e. The molecule has 104 valence electrons. The van der Waals surface area contributed by atoms with E-state index < -0.39 is 0 Å². The molecule has 4 nitrogen and oxygen atoms in total. The Morgan fingerprint density at radius 3 is 2.84 bits per heavy atom. The van der Waals surface area contributed by atoms with Crippen LogP contribution in [-0.4, -0.2) is 11.0 Å². The van der Waals surface area contributed by atoms with E-state index >= 15 is 0 Å². The van der Waals surface area contributed by atoms with Gasteiger partial charge in [0.2, 0.25) is 0 Å². The molecule has 0 radical (unpaired) electrons. The van der Waals surface area contributed by atoms with Gasteiger partial charge in [-0.25, -0.2) is 0 Å². The molecule has 0 aromatic heterocycles. The predicted molar refractivity (Wildman–Crippen MR) is 77.8 cm³/mol. The molecule has 1 saturated carbocycles. The Bertz CT molecular complexity index is 465. The molecule has 0 aliphatic heterocycles. The van der Waals surface area contributed by atoms with E-state index in [1.807, 2.05) is 0 Å². The molecule has 0 bridgehead atoms. The lowest BCUT2D eigenvalue weighted by molar-refractivity contribution is -0.384. The van der Waals surface area contributed by atoms with E-state index in [1.165, 1.54) is 12.5 Å². The number of rotatable bonds is 3. The summed E-state index contributed by atoms with van der Waals surface area (Å²) in [6, 6.07) is 5.08. The molecule has 0 saturated heterocycles. The molecule has 5 heteroatoms. The topological polar surface area (TPSA) is 55.2 Å². The van der Waals surface area contributed by atoms with Crippen LogP contribution in [0.2, 0.25) is 5.02 Å². The van der Waals surface area contributed by atoms with Crippen molar-refractivity contribution in [3.05, 3.63) is 33.3 Å². The zero-order chi connectivity index (χ0) is 13.8. The Kier molecular flexibility index (Phi) is 4.64. The van der Waals surface area contributed by atoms with Crippen LogP contribution in [0, 0.1) is 16.0 Å². The fourth-order valence-corrected chi connectivity index (χ4v) is 2.87. The molecule has 0 amide bonds. The smallest absolute Gasteiger partial charge is 0.293 e. The Morgan fingerprint density at radius 2 is 2.11 bits per heavy atom. The number of benzene rings is 1. The molecule has 1 aliphatic carbocycles. The molecule has 1 aromatic carbocycles. The highest BCUT2D eigenvalue weighted by Gasteiger charge is 2.21. The van der Waals surface area contributed by atoms with E-state index in [9.17, 15) is 10.1 Å². The molecule has 0 spiro atoms. The van der Waals surface area contributed by atoms with Crippen LogP contribution in [-0.2, 0) is 0 Å². The fraction of sp³-hybridized carbons (Fsp3) is 0.571. The third-order valence-corrected chi connectivity index (χ3v) is 4.11. The molecular weight excluding hydrogens is 264 g/mol. The monoisotopic (exact) mass is 282 g/mol. The number of halogens is 1. The largest absolute Gasteiger partial charge is 0.376 e. The van der Waals surface area contributed by atoms with E-state index in [4.69, 9.17) is 11.6 Å².